The summed E-state index contributed by atoms with van der Waals surface area (Å²) in [5.41, 5.74) is 5.46. The molecule has 2 fully saturated rings. The van der Waals surface area contributed by atoms with Crippen LogP contribution in [-0.4, -0.2) is 35.0 Å². The molecule has 1 saturated heterocycles. The van der Waals surface area contributed by atoms with Gasteiger partial charge >= 0.3 is 6.16 Å². The van der Waals surface area contributed by atoms with Crippen LogP contribution in [0.1, 0.15) is 12.8 Å². The van der Waals surface area contributed by atoms with Crippen LogP contribution >= 0.6 is 0 Å². The Morgan fingerprint density at radius 2 is 1.84 bits per heavy atom. The molecule has 1 spiro atoms. The van der Waals surface area contributed by atoms with Crippen molar-refractivity contribution in [3.05, 3.63) is 64.2 Å². The van der Waals surface area contributed by atoms with Gasteiger partial charge in [-0.1, -0.05) is 0 Å². The highest BCUT2D eigenvalue weighted by molar-refractivity contribution is 5.86. The molecule has 0 amide bonds. The predicted molar refractivity (Wildman–Crippen MR) is 110 cm³/mol. The van der Waals surface area contributed by atoms with Crippen molar-refractivity contribution in [3.8, 4) is 11.4 Å². The smallest absolute Gasteiger partial charge is 0.449 e. The summed E-state index contributed by atoms with van der Waals surface area (Å²) >= 11 is 0. The number of hydrogen-bond acceptors (Lipinski definition) is 5. The van der Waals surface area contributed by atoms with Crippen LogP contribution in [0, 0.1) is 22.9 Å². The summed E-state index contributed by atoms with van der Waals surface area (Å²) in [5, 5.41) is 8.74. The Morgan fingerprint density at radius 3 is 2.47 bits per heavy atom. The lowest BCUT2D eigenvalue weighted by Gasteiger charge is -2.21. The molecule has 10 heteroatoms. The third-order valence-corrected chi connectivity index (χ3v) is 6.35. The van der Waals surface area contributed by atoms with Crippen LogP contribution in [0.3, 0.4) is 0 Å². The van der Waals surface area contributed by atoms with Crippen LogP contribution in [0.4, 0.5) is 23.7 Å². The highest BCUT2D eigenvalue weighted by atomic mass is 19.1. The van der Waals surface area contributed by atoms with Crippen molar-refractivity contribution in [1.29, 1.82) is 0 Å². The van der Waals surface area contributed by atoms with E-state index in [0.717, 1.165) is 41.8 Å². The fourth-order valence-electron chi connectivity index (χ4n) is 4.46. The lowest BCUT2D eigenvalue weighted by atomic mass is 10.0. The summed E-state index contributed by atoms with van der Waals surface area (Å²) < 4.78 is 48.8. The first-order chi connectivity index (χ1) is 15.2. The molecule has 1 atom stereocenters. The second kappa shape index (κ2) is 6.99. The molecular weight excluding hydrogens is 427 g/mol. The van der Waals surface area contributed by atoms with Crippen molar-refractivity contribution >= 4 is 22.7 Å². The first-order valence-electron chi connectivity index (χ1n) is 9.94. The fraction of sp³-hybridized carbons (Fsp3) is 0.273. The highest BCUT2D eigenvalue weighted by Gasteiger charge is 2.53. The summed E-state index contributed by atoms with van der Waals surface area (Å²) in [7, 11) is 0. The van der Waals surface area contributed by atoms with Gasteiger partial charge in [0.25, 0.3) is 0 Å². The molecule has 3 aromatic rings. The van der Waals surface area contributed by atoms with Gasteiger partial charge in [-0.2, -0.15) is 0 Å². The number of aromatic nitrogens is 1. The molecule has 2 heterocycles. The summed E-state index contributed by atoms with van der Waals surface area (Å²) in [6.45, 7) is 0.990. The standard InChI is InChI=1S/C22H18F3N3O4/c23-11-1-2-15(13(24)5-11)28-8-18(32-21(30)31)20(29)12-6-14(25)17(7-16(12)28)27-9-19(26)22(10-27)3-4-22/h1-2,5-8,19H,3-4,9-10,26H2,(H,30,31). The van der Waals surface area contributed by atoms with Gasteiger partial charge in [-0.25, -0.2) is 18.0 Å². The number of carbonyl (C=O) groups is 1. The lowest BCUT2D eigenvalue weighted by molar-refractivity contribution is 0.144. The monoisotopic (exact) mass is 445 g/mol. The van der Waals surface area contributed by atoms with Gasteiger partial charge in [-0.05, 0) is 37.1 Å². The van der Waals surface area contributed by atoms with Gasteiger partial charge < -0.3 is 25.0 Å². The van der Waals surface area contributed by atoms with Gasteiger partial charge in [0.05, 0.1) is 28.5 Å². The molecule has 1 unspecified atom stereocenters. The maximum Gasteiger partial charge on any atom is 0.511 e. The minimum Gasteiger partial charge on any atom is -0.449 e. The van der Waals surface area contributed by atoms with Gasteiger partial charge in [-0.15, -0.1) is 0 Å². The molecular formula is C22H18F3N3O4. The van der Waals surface area contributed by atoms with Gasteiger partial charge in [0.2, 0.25) is 5.43 Å². The van der Waals surface area contributed by atoms with E-state index in [1.807, 2.05) is 0 Å². The molecule has 2 aliphatic rings. The van der Waals surface area contributed by atoms with Crippen LogP contribution in [0.5, 0.6) is 5.75 Å². The molecule has 2 aromatic carbocycles. The fourth-order valence-corrected chi connectivity index (χ4v) is 4.46. The van der Waals surface area contributed by atoms with Crippen LogP contribution in [0.15, 0.2) is 41.3 Å². The Hall–Kier alpha value is -3.53. The number of nitrogens with zero attached hydrogens (tertiary/aromatic N) is 2. The molecule has 1 aliphatic heterocycles. The van der Waals surface area contributed by atoms with E-state index in [1.165, 1.54) is 6.07 Å². The van der Waals surface area contributed by atoms with E-state index >= 15 is 4.39 Å². The number of hydrogen-bond donors (Lipinski definition) is 2. The van der Waals surface area contributed by atoms with Crippen LogP contribution < -0.4 is 20.8 Å². The van der Waals surface area contributed by atoms with Crippen molar-refractivity contribution < 1.29 is 27.8 Å². The predicted octanol–water partition coefficient (Wildman–Crippen LogP) is 3.39. The molecule has 7 nitrogen and oxygen atoms in total. The lowest BCUT2D eigenvalue weighted by Crippen LogP contribution is -2.30. The van der Waals surface area contributed by atoms with Crippen molar-refractivity contribution in [3.63, 3.8) is 0 Å². The topological polar surface area (TPSA) is 97.8 Å². The number of nitrogens with two attached hydrogens (primary N) is 1. The maximum absolute atomic E-state index is 15.1. The normalized spacial score (nSPS) is 19.0. The molecule has 1 aliphatic carbocycles. The van der Waals surface area contributed by atoms with Crippen molar-refractivity contribution in [2.75, 3.05) is 18.0 Å². The first-order valence-corrected chi connectivity index (χ1v) is 9.94. The Bertz CT molecular complexity index is 1340. The van der Waals surface area contributed by atoms with E-state index in [0.29, 0.717) is 19.2 Å². The number of anilines is 1. The van der Waals surface area contributed by atoms with Crippen LogP contribution in [-0.2, 0) is 0 Å². The van der Waals surface area contributed by atoms with Gasteiger partial charge in [0, 0.05) is 30.6 Å². The highest BCUT2D eigenvalue weighted by Crippen LogP contribution is 2.53. The van der Waals surface area contributed by atoms with E-state index < -0.39 is 34.8 Å². The molecule has 1 aromatic heterocycles. The zero-order chi connectivity index (χ0) is 22.8. The second-order valence-electron chi connectivity index (χ2n) is 8.33. The second-order valence-corrected chi connectivity index (χ2v) is 8.33. The van der Waals surface area contributed by atoms with E-state index in [4.69, 9.17) is 10.8 Å². The van der Waals surface area contributed by atoms with Crippen LogP contribution in [0.2, 0.25) is 0 Å². The largest absolute Gasteiger partial charge is 0.511 e. The van der Waals surface area contributed by atoms with Gasteiger partial charge in [0.1, 0.15) is 17.5 Å². The summed E-state index contributed by atoms with van der Waals surface area (Å²) in [5.74, 6) is -3.10. The number of benzene rings is 2. The molecule has 5 rings (SSSR count). The SMILES string of the molecule is NC1CN(c2cc3c(cc2F)c(=O)c(OC(=O)O)cn3-c2ccc(F)cc2F)CC12CC2. The Morgan fingerprint density at radius 1 is 1.12 bits per heavy atom. The third kappa shape index (κ3) is 3.18. The minimum absolute atomic E-state index is 0.0384. The summed E-state index contributed by atoms with van der Waals surface area (Å²) in [6, 6.07) is 5.06. The van der Waals surface area contributed by atoms with Crippen molar-refractivity contribution in [2.45, 2.75) is 18.9 Å². The zero-order valence-corrected chi connectivity index (χ0v) is 16.6. The average molecular weight is 445 g/mol. The van der Waals surface area contributed by atoms with Gasteiger partial charge in [-0.3, -0.25) is 4.79 Å². The Kier molecular flexibility index (Phi) is 4.45. The molecule has 166 valence electrons. The summed E-state index contributed by atoms with van der Waals surface area (Å²) in [6.07, 6.45) is 1.16. The maximum atomic E-state index is 15.1. The van der Waals surface area contributed by atoms with Crippen molar-refractivity contribution in [2.24, 2.45) is 11.1 Å². The molecule has 0 bridgehead atoms. The number of halogens is 3. The summed E-state index contributed by atoms with van der Waals surface area (Å²) in [4.78, 5) is 25.6. The van der Waals surface area contributed by atoms with E-state index in [-0.39, 0.29) is 33.7 Å². The van der Waals surface area contributed by atoms with E-state index in [1.54, 1.807) is 4.90 Å². The minimum atomic E-state index is -1.76. The molecule has 1 saturated carbocycles. The van der Waals surface area contributed by atoms with Crippen LogP contribution in [0.25, 0.3) is 16.6 Å². The third-order valence-electron chi connectivity index (χ3n) is 6.35. The van der Waals surface area contributed by atoms with Gasteiger partial charge in [0.15, 0.2) is 5.75 Å². The average Bonchev–Trinajstić information content (AvgIpc) is 3.43. The quantitative estimate of drug-likeness (QED) is 0.600. The number of ether oxygens (including phenoxy) is 1. The van der Waals surface area contributed by atoms with E-state index in [2.05, 4.69) is 4.74 Å². The number of carboxylic acid groups (broad SMARTS) is 1. The van der Waals surface area contributed by atoms with Crippen molar-refractivity contribution in [1.82, 2.24) is 4.57 Å². The molecule has 32 heavy (non-hydrogen) atoms. The number of fused-ring (bicyclic) bond motifs is 1. The zero-order valence-electron chi connectivity index (χ0n) is 16.6. The Labute approximate surface area is 179 Å². The Balaban J connectivity index is 1.75. The number of pyridine rings is 1. The number of rotatable bonds is 3. The molecule has 3 N–H and O–H groups in total. The first kappa shape index (κ1) is 20.4. The molecule has 0 radical (unpaired) electrons. The van der Waals surface area contributed by atoms with E-state index in [9.17, 15) is 18.4 Å².